The number of amides is 2. The first kappa shape index (κ1) is 23.8. The first-order valence-electron chi connectivity index (χ1n) is 9.46. The lowest BCUT2D eigenvalue weighted by Crippen LogP contribution is -2.39. The minimum absolute atomic E-state index is 0. The van der Waals surface area contributed by atoms with E-state index in [-0.39, 0.29) is 30.3 Å². The van der Waals surface area contributed by atoms with Crippen molar-refractivity contribution < 1.29 is 9.59 Å². The molecule has 0 bridgehead atoms. The van der Waals surface area contributed by atoms with Gasteiger partial charge < -0.3 is 15.5 Å². The smallest absolute Gasteiger partial charge is 0.254 e. The third kappa shape index (κ3) is 7.72. The molecule has 0 aliphatic carbocycles. The highest BCUT2D eigenvalue weighted by molar-refractivity contribution is 8.00. The van der Waals surface area contributed by atoms with Crippen LogP contribution in [0.3, 0.4) is 0 Å². The van der Waals surface area contributed by atoms with Crippen molar-refractivity contribution in [1.82, 2.24) is 15.5 Å². The van der Waals surface area contributed by atoms with Crippen LogP contribution in [0.5, 0.6) is 0 Å². The van der Waals surface area contributed by atoms with E-state index < -0.39 is 0 Å². The number of hydrogen-bond donors (Lipinski definition) is 2. The number of rotatable bonds is 8. The summed E-state index contributed by atoms with van der Waals surface area (Å²) >= 11 is 1.43. The zero-order valence-corrected chi connectivity index (χ0v) is 18.1. The van der Waals surface area contributed by atoms with E-state index in [1.54, 1.807) is 0 Å². The number of nitrogens with zero attached hydrogens (tertiary/aromatic N) is 1. The van der Waals surface area contributed by atoms with Crippen molar-refractivity contribution in [2.24, 2.45) is 5.92 Å². The average molecular weight is 414 g/mol. The largest absolute Gasteiger partial charge is 0.353 e. The van der Waals surface area contributed by atoms with E-state index in [0.29, 0.717) is 17.2 Å². The molecule has 1 heterocycles. The molecule has 1 aliphatic heterocycles. The van der Waals surface area contributed by atoms with Crippen molar-refractivity contribution in [3.05, 3.63) is 29.8 Å². The highest BCUT2D eigenvalue weighted by Crippen LogP contribution is 2.26. The van der Waals surface area contributed by atoms with Gasteiger partial charge in [-0.15, -0.1) is 24.2 Å². The molecule has 0 atom stereocenters. The summed E-state index contributed by atoms with van der Waals surface area (Å²) in [6, 6.07) is 7.75. The summed E-state index contributed by atoms with van der Waals surface area (Å²) < 4.78 is 0. The molecule has 1 aromatic rings. The van der Waals surface area contributed by atoms with Crippen LogP contribution in [0.25, 0.3) is 0 Å². The number of hydrogen-bond acceptors (Lipinski definition) is 4. The number of carbonyl (C=O) groups is 2. The van der Waals surface area contributed by atoms with Crippen LogP contribution in [0.1, 0.15) is 43.5 Å². The molecule has 0 saturated carbocycles. The van der Waals surface area contributed by atoms with Crippen LogP contribution in [0.4, 0.5) is 0 Å². The third-order valence-electron chi connectivity index (χ3n) is 4.63. The Balaban J connectivity index is 0.00000364. The number of benzene rings is 1. The summed E-state index contributed by atoms with van der Waals surface area (Å²) in [6.45, 7) is 6.57. The highest BCUT2D eigenvalue weighted by atomic mass is 35.5. The van der Waals surface area contributed by atoms with E-state index in [4.69, 9.17) is 0 Å². The normalized spacial score (nSPS) is 14.7. The maximum Gasteiger partial charge on any atom is 0.254 e. The Morgan fingerprint density at radius 3 is 2.52 bits per heavy atom. The van der Waals surface area contributed by atoms with Crippen molar-refractivity contribution in [3.63, 3.8) is 0 Å². The number of nitrogens with one attached hydrogen (secondary N) is 2. The Bertz CT molecular complexity index is 605. The highest BCUT2D eigenvalue weighted by Gasteiger charge is 2.24. The van der Waals surface area contributed by atoms with Gasteiger partial charge >= 0.3 is 0 Å². The second-order valence-corrected chi connectivity index (χ2v) is 8.15. The van der Waals surface area contributed by atoms with Gasteiger partial charge in [-0.3, -0.25) is 9.59 Å². The van der Waals surface area contributed by atoms with Crippen LogP contribution >= 0.6 is 24.2 Å². The van der Waals surface area contributed by atoms with Crippen LogP contribution in [0.2, 0.25) is 0 Å². The van der Waals surface area contributed by atoms with Gasteiger partial charge in [0, 0.05) is 24.0 Å². The molecule has 27 heavy (non-hydrogen) atoms. The van der Waals surface area contributed by atoms with E-state index in [2.05, 4.69) is 10.6 Å². The van der Waals surface area contributed by atoms with Gasteiger partial charge in [0.25, 0.3) is 5.91 Å². The molecule has 1 aromatic carbocycles. The lowest BCUT2D eigenvalue weighted by atomic mass is 9.93. The first-order chi connectivity index (χ1) is 12.5. The van der Waals surface area contributed by atoms with Crippen LogP contribution in [-0.4, -0.2) is 55.2 Å². The van der Waals surface area contributed by atoms with Crippen molar-refractivity contribution in [1.29, 1.82) is 0 Å². The van der Waals surface area contributed by atoms with Gasteiger partial charge in [-0.05, 0) is 64.8 Å². The molecule has 2 amide bonds. The quantitative estimate of drug-likeness (QED) is 0.642. The summed E-state index contributed by atoms with van der Waals surface area (Å²) in [4.78, 5) is 27.7. The van der Waals surface area contributed by atoms with Gasteiger partial charge in [-0.25, -0.2) is 0 Å². The van der Waals surface area contributed by atoms with Gasteiger partial charge in [-0.1, -0.05) is 12.1 Å². The Labute approximate surface area is 173 Å². The molecule has 0 radical (unpaired) electrons. The Kier molecular flexibility index (Phi) is 10.8. The van der Waals surface area contributed by atoms with Crippen molar-refractivity contribution >= 4 is 36.0 Å². The van der Waals surface area contributed by atoms with Gasteiger partial charge in [0.2, 0.25) is 5.91 Å². The van der Waals surface area contributed by atoms with Crippen molar-refractivity contribution in [2.45, 2.75) is 44.0 Å². The second-order valence-electron chi connectivity index (χ2n) is 7.13. The molecular weight excluding hydrogens is 382 g/mol. The molecule has 1 aliphatic rings. The maximum absolute atomic E-state index is 13.0. The predicted molar refractivity (Wildman–Crippen MR) is 115 cm³/mol. The molecule has 152 valence electrons. The Morgan fingerprint density at radius 2 is 1.89 bits per heavy atom. The van der Waals surface area contributed by atoms with E-state index in [9.17, 15) is 9.59 Å². The number of carbonyl (C=O) groups excluding carboxylic acids is 2. The molecule has 1 fully saturated rings. The fourth-order valence-corrected chi connectivity index (χ4v) is 4.08. The van der Waals surface area contributed by atoms with Crippen molar-refractivity contribution in [3.8, 4) is 0 Å². The van der Waals surface area contributed by atoms with Crippen molar-refractivity contribution in [2.75, 3.05) is 32.4 Å². The van der Waals surface area contributed by atoms with E-state index in [1.165, 1.54) is 18.2 Å². The fraction of sp³-hybridized carbons (Fsp3) is 0.600. The molecule has 7 heteroatoms. The second kappa shape index (κ2) is 12.3. The standard InChI is InChI=1S/C20H31N3O2S.ClH/c1-15(2)22-19(24)14-26-18-7-5-4-6-17(18)20(25)23-12-9-16(10-13-23)8-11-21-3;/h4-7,15-16,21H,8-14H2,1-3H3,(H,22,24);1H. The van der Waals surface area contributed by atoms with Crippen LogP contribution in [-0.2, 0) is 4.79 Å². The topological polar surface area (TPSA) is 61.4 Å². The lowest BCUT2D eigenvalue weighted by molar-refractivity contribution is -0.119. The average Bonchev–Trinajstić information content (AvgIpc) is 2.64. The molecule has 0 aromatic heterocycles. The molecule has 2 rings (SSSR count). The first-order valence-corrected chi connectivity index (χ1v) is 10.4. The molecule has 0 spiro atoms. The van der Waals surface area contributed by atoms with Gasteiger partial charge in [-0.2, -0.15) is 0 Å². The zero-order chi connectivity index (χ0) is 18.9. The van der Waals surface area contributed by atoms with Crippen LogP contribution in [0.15, 0.2) is 29.2 Å². The summed E-state index contributed by atoms with van der Waals surface area (Å²) in [5.74, 6) is 1.12. The van der Waals surface area contributed by atoms with Gasteiger partial charge in [0.1, 0.15) is 0 Å². The molecular formula is C20H32ClN3O2S. The summed E-state index contributed by atoms with van der Waals surface area (Å²) in [5.41, 5.74) is 0.712. The van der Waals surface area contributed by atoms with Gasteiger partial charge in [0.15, 0.2) is 0 Å². The maximum atomic E-state index is 13.0. The van der Waals surface area contributed by atoms with E-state index in [0.717, 1.165) is 37.4 Å². The Hall–Kier alpha value is -1.24. The third-order valence-corrected chi connectivity index (χ3v) is 5.70. The summed E-state index contributed by atoms with van der Waals surface area (Å²) in [6.07, 6.45) is 3.31. The molecule has 5 nitrogen and oxygen atoms in total. The van der Waals surface area contributed by atoms with Gasteiger partial charge in [0.05, 0.1) is 11.3 Å². The Morgan fingerprint density at radius 1 is 1.22 bits per heavy atom. The zero-order valence-electron chi connectivity index (χ0n) is 16.5. The molecule has 1 saturated heterocycles. The molecule has 0 unspecified atom stereocenters. The summed E-state index contributed by atoms with van der Waals surface area (Å²) in [5, 5.41) is 6.09. The summed E-state index contributed by atoms with van der Waals surface area (Å²) in [7, 11) is 1.98. The van der Waals surface area contributed by atoms with Crippen LogP contribution < -0.4 is 10.6 Å². The molecule has 2 N–H and O–H groups in total. The monoisotopic (exact) mass is 413 g/mol. The van der Waals surface area contributed by atoms with Crippen LogP contribution in [0, 0.1) is 5.92 Å². The predicted octanol–water partition coefficient (Wildman–Crippen LogP) is 3.19. The fourth-order valence-electron chi connectivity index (χ4n) is 3.22. The number of halogens is 1. The lowest BCUT2D eigenvalue weighted by Gasteiger charge is -2.32. The number of thioether (sulfide) groups is 1. The number of likely N-dealkylation sites (tertiary alicyclic amines) is 1. The SMILES string of the molecule is CNCCC1CCN(C(=O)c2ccccc2SCC(=O)NC(C)C)CC1.Cl. The van der Waals surface area contributed by atoms with E-state index >= 15 is 0 Å². The van der Waals surface area contributed by atoms with E-state index in [1.807, 2.05) is 50.1 Å². The minimum Gasteiger partial charge on any atom is -0.353 e. The number of piperidine rings is 1. The minimum atomic E-state index is -0.00222.